The number of nitrogens with two attached hydrogens (primary N) is 1. The Morgan fingerprint density at radius 1 is 1.26 bits per heavy atom. The van der Waals surface area contributed by atoms with Crippen molar-refractivity contribution in [1.29, 1.82) is 0 Å². The summed E-state index contributed by atoms with van der Waals surface area (Å²) in [7, 11) is 1.48. The number of rotatable bonds is 1. The maximum atomic E-state index is 12.4. The molecule has 5 nitrogen and oxygen atoms in total. The second-order valence-corrected chi connectivity index (χ2v) is 4.91. The lowest BCUT2D eigenvalue weighted by atomic mass is 9.87. The van der Waals surface area contributed by atoms with Crippen LogP contribution in [0, 0.1) is 11.8 Å². The van der Waals surface area contributed by atoms with E-state index in [9.17, 15) is 9.59 Å². The molecule has 1 aromatic rings. The van der Waals surface area contributed by atoms with Gasteiger partial charge in [0.15, 0.2) is 11.7 Å². The summed E-state index contributed by atoms with van der Waals surface area (Å²) in [6, 6.07) is 5.35. The average molecular weight is 258 g/mol. The van der Waals surface area contributed by atoms with Crippen LogP contribution in [0.25, 0.3) is 0 Å². The third kappa shape index (κ3) is 1.73. The molecule has 98 valence electrons. The Morgan fingerprint density at radius 3 is 2.74 bits per heavy atom. The van der Waals surface area contributed by atoms with Gasteiger partial charge in [-0.15, -0.1) is 0 Å². The summed E-state index contributed by atoms with van der Waals surface area (Å²) in [4.78, 5) is 27.7. The molecule has 19 heavy (non-hydrogen) atoms. The van der Waals surface area contributed by atoms with E-state index in [4.69, 9.17) is 10.5 Å². The summed E-state index contributed by atoms with van der Waals surface area (Å²) in [5, 5.41) is 0. The minimum atomic E-state index is -0.287. The molecule has 1 heterocycles. The van der Waals surface area contributed by atoms with Gasteiger partial charge in [-0.3, -0.25) is 9.59 Å². The standard InChI is InChI=1S/C14H14N2O3/c1-19-14-10(6-12(17)16-14)9-5-8-7(13(9)18)3-2-4-11(8)15/h2-4,9-10H,5-6,15H2,1H3. The zero-order chi connectivity index (χ0) is 13.6. The molecule has 2 atom stereocenters. The van der Waals surface area contributed by atoms with Crippen molar-refractivity contribution in [3.8, 4) is 0 Å². The lowest BCUT2D eigenvalue weighted by Crippen LogP contribution is -2.26. The number of hydrogen-bond acceptors (Lipinski definition) is 4. The highest BCUT2D eigenvalue weighted by Gasteiger charge is 2.43. The van der Waals surface area contributed by atoms with Gasteiger partial charge in [0.1, 0.15) is 0 Å². The third-order valence-electron chi connectivity index (χ3n) is 3.88. The van der Waals surface area contributed by atoms with E-state index in [1.54, 1.807) is 18.2 Å². The van der Waals surface area contributed by atoms with E-state index < -0.39 is 0 Å². The Hall–Kier alpha value is -2.17. The first kappa shape index (κ1) is 11.9. The molecule has 5 heteroatoms. The van der Waals surface area contributed by atoms with E-state index in [-0.39, 0.29) is 29.9 Å². The summed E-state index contributed by atoms with van der Waals surface area (Å²) in [5.41, 5.74) is 8.09. The molecule has 0 saturated heterocycles. The van der Waals surface area contributed by atoms with Crippen molar-refractivity contribution in [2.45, 2.75) is 12.8 Å². The average Bonchev–Trinajstić information content (AvgIpc) is 2.92. The quantitative estimate of drug-likeness (QED) is 0.768. The van der Waals surface area contributed by atoms with Crippen LogP contribution in [0.5, 0.6) is 0 Å². The molecular formula is C14H14N2O3. The number of hydrogen-bond donors (Lipinski definition) is 1. The molecule has 2 N–H and O–H groups in total. The molecule has 1 aliphatic heterocycles. The van der Waals surface area contributed by atoms with E-state index in [0.29, 0.717) is 23.6 Å². The predicted molar refractivity (Wildman–Crippen MR) is 69.9 cm³/mol. The van der Waals surface area contributed by atoms with Gasteiger partial charge < -0.3 is 10.5 Å². The molecule has 0 bridgehead atoms. The number of benzene rings is 1. The van der Waals surface area contributed by atoms with Gasteiger partial charge in [0.25, 0.3) is 0 Å². The molecule has 0 fully saturated rings. The van der Waals surface area contributed by atoms with Crippen LogP contribution in [-0.2, 0) is 16.0 Å². The van der Waals surface area contributed by atoms with Crippen LogP contribution in [0.2, 0.25) is 0 Å². The van der Waals surface area contributed by atoms with Crippen LogP contribution >= 0.6 is 0 Å². The van der Waals surface area contributed by atoms with E-state index in [0.717, 1.165) is 5.56 Å². The lowest BCUT2D eigenvalue weighted by Gasteiger charge is -2.16. The van der Waals surface area contributed by atoms with Gasteiger partial charge in [-0.05, 0) is 18.1 Å². The number of carbonyl (C=O) groups excluding carboxylic acids is 2. The van der Waals surface area contributed by atoms with Crippen LogP contribution in [0.15, 0.2) is 23.2 Å². The Balaban J connectivity index is 1.95. The minimum absolute atomic E-state index is 0.0340. The zero-order valence-electron chi connectivity index (χ0n) is 10.6. The Kier molecular flexibility index (Phi) is 2.62. The Morgan fingerprint density at radius 2 is 2.05 bits per heavy atom. The number of ether oxygens (including phenoxy) is 1. The van der Waals surface area contributed by atoms with Gasteiger partial charge in [0, 0.05) is 23.6 Å². The number of ketones is 1. The maximum Gasteiger partial charge on any atom is 0.249 e. The topological polar surface area (TPSA) is 81.8 Å². The molecular weight excluding hydrogens is 244 g/mol. The molecule has 2 aliphatic rings. The first-order valence-electron chi connectivity index (χ1n) is 6.18. The van der Waals surface area contributed by atoms with Crippen LogP contribution in [0.3, 0.4) is 0 Å². The zero-order valence-corrected chi connectivity index (χ0v) is 10.6. The highest BCUT2D eigenvalue weighted by Crippen LogP contribution is 2.38. The fraction of sp³-hybridized carbons (Fsp3) is 0.357. The van der Waals surface area contributed by atoms with Crippen molar-refractivity contribution >= 4 is 23.3 Å². The van der Waals surface area contributed by atoms with Crippen LogP contribution in [0.1, 0.15) is 22.3 Å². The van der Waals surface area contributed by atoms with Gasteiger partial charge in [0.2, 0.25) is 5.91 Å². The van der Waals surface area contributed by atoms with Crippen molar-refractivity contribution < 1.29 is 14.3 Å². The fourth-order valence-electron chi connectivity index (χ4n) is 2.94. The monoisotopic (exact) mass is 258 g/mol. The molecule has 2 unspecified atom stereocenters. The lowest BCUT2D eigenvalue weighted by molar-refractivity contribution is -0.117. The maximum absolute atomic E-state index is 12.4. The van der Waals surface area contributed by atoms with Gasteiger partial charge >= 0.3 is 0 Å². The number of amides is 1. The molecule has 0 spiro atoms. The van der Waals surface area contributed by atoms with E-state index in [1.807, 2.05) is 0 Å². The number of carbonyl (C=O) groups is 2. The molecule has 1 aromatic carbocycles. The number of Topliss-reactive ketones (excluding diaryl/α,β-unsaturated/α-hetero) is 1. The van der Waals surface area contributed by atoms with Crippen molar-refractivity contribution in [2.24, 2.45) is 16.8 Å². The second-order valence-electron chi connectivity index (χ2n) is 4.91. The first-order chi connectivity index (χ1) is 9.11. The molecule has 0 aromatic heterocycles. The smallest absolute Gasteiger partial charge is 0.249 e. The first-order valence-corrected chi connectivity index (χ1v) is 6.18. The highest BCUT2D eigenvalue weighted by molar-refractivity contribution is 6.08. The number of aliphatic imine (C=N–C) groups is 1. The fourth-order valence-corrected chi connectivity index (χ4v) is 2.94. The van der Waals surface area contributed by atoms with Crippen molar-refractivity contribution in [1.82, 2.24) is 0 Å². The number of fused-ring (bicyclic) bond motifs is 1. The SMILES string of the molecule is COC1=NC(=O)CC1C1Cc2c(N)cccc2C1=O. The van der Waals surface area contributed by atoms with Gasteiger partial charge in [-0.1, -0.05) is 12.1 Å². The summed E-state index contributed by atoms with van der Waals surface area (Å²) < 4.78 is 5.13. The van der Waals surface area contributed by atoms with Crippen molar-refractivity contribution in [3.05, 3.63) is 29.3 Å². The highest BCUT2D eigenvalue weighted by atomic mass is 16.5. The minimum Gasteiger partial charge on any atom is -0.484 e. The number of nitrogen functional groups attached to an aromatic ring is 1. The largest absolute Gasteiger partial charge is 0.484 e. The van der Waals surface area contributed by atoms with Crippen molar-refractivity contribution in [2.75, 3.05) is 12.8 Å². The van der Waals surface area contributed by atoms with Gasteiger partial charge in [-0.2, -0.15) is 4.99 Å². The van der Waals surface area contributed by atoms with Crippen LogP contribution in [-0.4, -0.2) is 24.7 Å². The normalized spacial score (nSPS) is 25.4. The summed E-state index contributed by atoms with van der Waals surface area (Å²) in [5.74, 6) is -0.360. The molecule has 3 rings (SSSR count). The Bertz CT molecular complexity index is 607. The van der Waals surface area contributed by atoms with Gasteiger partial charge in [-0.25, -0.2) is 0 Å². The Labute approximate surface area is 110 Å². The summed E-state index contributed by atoms with van der Waals surface area (Å²) >= 11 is 0. The molecule has 1 amide bonds. The third-order valence-corrected chi connectivity index (χ3v) is 3.88. The van der Waals surface area contributed by atoms with E-state index in [2.05, 4.69) is 4.99 Å². The van der Waals surface area contributed by atoms with Crippen LogP contribution in [0.4, 0.5) is 5.69 Å². The number of nitrogens with zero attached hydrogens (tertiary/aromatic N) is 1. The predicted octanol–water partition coefficient (Wildman–Crippen LogP) is 1.22. The number of anilines is 1. The van der Waals surface area contributed by atoms with Gasteiger partial charge in [0.05, 0.1) is 13.0 Å². The molecule has 1 aliphatic carbocycles. The second kappa shape index (κ2) is 4.19. The molecule has 0 radical (unpaired) electrons. The summed E-state index contributed by atoms with van der Waals surface area (Å²) in [6.45, 7) is 0. The molecule has 0 saturated carbocycles. The van der Waals surface area contributed by atoms with Crippen molar-refractivity contribution in [3.63, 3.8) is 0 Å². The number of methoxy groups -OCH3 is 1. The van der Waals surface area contributed by atoms with E-state index >= 15 is 0 Å². The summed E-state index contributed by atoms with van der Waals surface area (Å²) in [6.07, 6.45) is 0.800. The van der Waals surface area contributed by atoms with Crippen LogP contribution < -0.4 is 5.73 Å². The van der Waals surface area contributed by atoms with E-state index in [1.165, 1.54) is 7.11 Å².